The van der Waals surface area contributed by atoms with Gasteiger partial charge in [0.25, 0.3) is 0 Å². The second kappa shape index (κ2) is 5.99. The van der Waals surface area contributed by atoms with Crippen molar-refractivity contribution in [3.8, 4) is 0 Å². The third kappa shape index (κ3) is 4.72. The van der Waals surface area contributed by atoms with Gasteiger partial charge in [0.05, 0.1) is 20.7 Å². The molecule has 0 aliphatic heterocycles. The molecule has 0 heterocycles. The fourth-order valence-electron chi connectivity index (χ4n) is 1.65. The first-order chi connectivity index (χ1) is 7.92. The lowest BCUT2D eigenvalue weighted by molar-refractivity contribution is -0.947. The molecule has 0 saturated heterocycles. The van der Waals surface area contributed by atoms with E-state index in [1.807, 2.05) is 13.0 Å². The predicted octanol–water partition coefficient (Wildman–Crippen LogP) is 3.20. The van der Waals surface area contributed by atoms with Gasteiger partial charge < -0.3 is 4.74 Å². The van der Waals surface area contributed by atoms with Crippen LogP contribution in [0.25, 0.3) is 0 Å². The maximum Gasteiger partial charge on any atom is 0.190 e. The smallest absolute Gasteiger partial charge is 0.190 e. The maximum atomic E-state index is 5.81. The normalized spacial score (nSPS) is 13.4. The van der Waals surface area contributed by atoms with Crippen LogP contribution in [0.1, 0.15) is 19.4 Å². The van der Waals surface area contributed by atoms with E-state index >= 15 is 0 Å². The van der Waals surface area contributed by atoms with Gasteiger partial charge in [0.15, 0.2) is 6.23 Å². The predicted molar refractivity (Wildman–Crippen MR) is 72.5 cm³/mol. The molecule has 0 saturated carbocycles. The summed E-state index contributed by atoms with van der Waals surface area (Å²) in [7, 11) is 4.38. The fraction of sp³-hybridized carbons (Fsp3) is 0.467. The van der Waals surface area contributed by atoms with Crippen molar-refractivity contribution in [2.75, 3.05) is 20.7 Å². The molecule has 17 heavy (non-hydrogen) atoms. The van der Waals surface area contributed by atoms with E-state index in [0.29, 0.717) is 6.61 Å². The van der Waals surface area contributed by atoms with Gasteiger partial charge >= 0.3 is 0 Å². The van der Waals surface area contributed by atoms with Gasteiger partial charge in [-0.05, 0) is 6.92 Å². The molecule has 0 aromatic heterocycles. The van der Waals surface area contributed by atoms with Crippen LogP contribution in [0.4, 0.5) is 0 Å². The summed E-state index contributed by atoms with van der Waals surface area (Å²) in [6.45, 7) is 9.58. The van der Waals surface area contributed by atoms with Crippen molar-refractivity contribution >= 4 is 0 Å². The largest absolute Gasteiger partial charge is 0.325 e. The van der Waals surface area contributed by atoms with Crippen LogP contribution in [0.5, 0.6) is 0 Å². The van der Waals surface area contributed by atoms with Crippen LogP contribution < -0.4 is 0 Å². The molecule has 0 fully saturated rings. The molecule has 2 heteroatoms. The zero-order chi connectivity index (χ0) is 12.9. The van der Waals surface area contributed by atoms with Gasteiger partial charge in [-0.3, -0.25) is 4.48 Å². The molecule has 0 amide bonds. The van der Waals surface area contributed by atoms with Crippen molar-refractivity contribution in [1.82, 2.24) is 0 Å². The summed E-state index contributed by atoms with van der Waals surface area (Å²) in [5.74, 6) is 0. The second-order valence-electron chi connectivity index (χ2n) is 5.29. The van der Waals surface area contributed by atoms with E-state index in [4.69, 9.17) is 4.74 Å². The van der Waals surface area contributed by atoms with Crippen LogP contribution in [-0.2, 0) is 11.3 Å². The highest BCUT2D eigenvalue weighted by molar-refractivity contribution is 5.13. The highest BCUT2D eigenvalue weighted by Crippen LogP contribution is 2.15. The number of hydrogen-bond donors (Lipinski definition) is 0. The molecule has 0 N–H and O–H groups in total. The molecule has 0 aliphatic rings. The van der Waals surface area contributed by atoms with Gasteiger partial charge in [-0.25, -0.2) is 0 Å². The summed E-state index contributed by atoms with van der Waals surface area (Å²) in [5, 5.41) is 0. The Morgan fingerprint density at radius 2 is 1.88 bits per heavy atom. The molecule has 1 atom stereocenters. The number of quaternary nitrogens is 1. The quantitative estimate of drug-likeness (QED) is 0.417. The van der Waals surface area contributed by atoms with E-state index in [9.17, 15) is 0 Å². The molecule has 0 spiro atoms. The number of nitrogens with zero attached hydrogens (tertiary/aromatic N) is 1. The monoisotopic (exact) mass is 234 g/mol. The van der Waals surface area contributed by atoms with Crippen LogP contribution >= 0.6 is 0 Å². The van der Waals surface area contributed by atoms with E-state index in [2.05, 4.69) is 51.9 Å². The number of rotatable bonds is 6. The third-order valence-electron chi connectivity index (χ3n) is 2.99. The van der Waals surface area contributed by atoms with E-state index in [-0.39, 0.29) is 6.23 Å². The lowest BCUT2D eigenvalue weighted by Crippen LogP contribution is -2.48. The molecule has 2 nitrogen and oxygen atoms in total. The molecule has 94 valence electrons. The van der Waals surface area contributed by atoms with Crippen LogP contribution in [0.3, 0.4) is 0 Å². The number of benzene rings is 1. The molecule has 1 aromatic rings. The Morgan fingerprint density at radius 3 is 2.41 bits per heavy atom. The Labute approximate surface area is 105 Å². The minimum atomic E-state index is 0.159. The van der Waals surface area contributed by atoms with E-state index < -0.39 is 0 Å². The van der Waals surface area contributed by atoms with Crippen molar-refractivity contribution in [2.45, 2.75) is 26.6 Å². The standard InChI is InChI=1S/C15H24NO/c1-13(2)12-17-14(3)16(4,5)11-15-9-7-6-8-10-15/h6-10,14H,1,11-12H2,2-5H3/q+1. The minimum absolute atomic E-state index is 0.159. The van der Waals surface area contributed by atoms with Gasteiger partial charge in [-0.2, -0.15) is 0 Å². The van der Waals surface area contributed by atoms with Gasteiger partial charge in [-0.1, -0.05) is 42.5 Å². The van der Waals surface area contributed by atoms with Crippen LogP contribution in [0, 0.1) is 0 Å². The van der Waals surface area contributed by atoms with Gasteiger partial charge in [0.1, 0.15) is 6.54 Å². The van der Waals surface area contributed by atoms with E-state index in [0.717, 1.165) is 16.6 Å². The van der Waals surface area contributed by atoms with Crippen LogP contribution in [0.15, 0.2) is 42.5 Å². The maximum absolute atomic E-state index is 5.81. The molecule has 0 bridgehead atoms. The average molecular weight is 234 g/mol. The summed E-state index contributed by atoms with van der Waals surface area (Å²) in [5.41, 5.74) is 2.40. The van der Waals surface area contributed by atoms with Crippen molar-refractivity contribution in [2.24, 2.45) is 0 Å². The Balaban J connectivity index is 2.58. The van der Waals surface area contributed by atoms with Crippen molar-refractivity contribution < 1.29 is 9.22 Å². The van der Waals surface area contributed by atoms with E-state index in [1.165, 1.54) is 5.56 Å². The Kier molecular flexibility index (Phi) is 4.91. The topological polar surface area (TPSA) is 9.23 Å². The van der Waals surface area contributed by atoms with Gasteiger partial charge in [0, 0.05) is 12.5 Å². The first-order valence-corrected chi connectivity index (χ1v) is 6.04. The summed E-state index contributed by atoms with van der Waals surface area (Å²) < 4.78 is 6.63. The summed E-state index contributed by atoms with van der Waals surface area (Å²) in [6, 6.07) is 10.5. The van der Waals surface area contributed by atoms with Crippen molar-refractivity contribution in [3.05, 3.63) is 48.0 Å². The molecule has 1 rings (SSSR count). The molecular weight excluding hydrogens is 210 g/mol. The van der Waals surface area contributed by atoms with Crippen molar-refractivity contribution in [1.29, 1.82) is 0 Å². The third-order valence-corrected chi connectivity index (χ3v) is 2.99. The van der Waals surface area contributed by atoms with Crippen molar-refractivity contribution in [3.63, 3.8) is 0 Å². The lowest BCUT2D eigenvalue weighted by atomic mass is 10.2. The summed E-state index contributed by atoms with van der Waals surface area (Å²) in [6.07, 6.45) is 0.159. The average Bonchev–Trinajstić information content (AvgIpc) is 2.26. The van der Waals surface area contributed by atoms with Crippen LogP contribution in [0.2, 0.25) is 0 Å². The molecular formula is C15H24NO+. The lowest BCUT2D eigenvalue weighted by Gasteiger charge is -2.35. The van der Waals surface area contributed by atoms with E-state index in [1.54, 1.807) is 0 Å². The highest BCUT2D eigenvalue weighted by atomic mass is 16.5. The number of hydrogen-bond acceptors (Lipinski definition) is 1. The SMILES string of the molecule is C=C(C)COC(C)[N+](C)(C)Cc1ccccc1. The zero-order valence-corrected chi connectivity index (χ0v) is 11.4. The first kappa shape index (κ1) is 13.9. The Hall–Kier alpha value is -1.12. The molecule has 0 radical (unpaired) electrons. The Morgan fingerprint density at radius 1 is 1.29 bits per heavy atom. The molecule has 1 unspecified atom stereocenters. The summed E-state index contributed by atoms with van der Waals surface area (Å²) in [4.78, 5) is 0. The zero-order valence-electron chi connectivity index (χ0n) is 11.4. The Bertz CT molecular complexity index is 356. The van der Waals surface area contributed by atoms with Gasteiger partial charge in [-0.15, -0.1) is 0 Å². The first-order valence-electron chi connectivity index (χ1n) is 6.04. The van der Waals surface area contributed by atoms with Gasteiger partial charge in [0.2, 0.25) is 0 Å². The molecule has 1 aromatic carbocycles. The molecule has 0 aliphatic carbocycles. The van der Waals surface area contributed by atoms with Crippen LogP contribution in [-0.4, -0.2) is 31.4 Å². The highest BCUT2D eigenvalue weighted by Gasteiger charge is 2.24. The summed E-state index contributed by atoms with van der Waals surface area (Å²) >= 11 is 0. The second-order valence-corrected chi connectivity index (χ2v) is 5.29. The number of ether oxygens (including phenoxy) is 1. The minimum Gasteiger partial charge on any atom is -0.325 e. The fourth-order valence-corrected chi connectivity index (χ4v) is 1.65.